The lowest BCUT2D eigenvalue weighted by molar-refractivity contribution is 0.0373. The Morgan fingerprint density at radius 3 is 2.05 bits per heavy atom. The van der Waals surface area contributed by atoms with Gasteiger partial charge in [0.25, 0.3) is 0 Å². The van der Waals surface area contributed by atoms with Crippen molar-refractivity contribution in [2.75, 3.05) is 28.4 Å². The van der Waals surface area contributed by atoms with E-state index in [9.17, 15) is 4.79 Å². The number of hydrogen-bond donors (Lipinski definition) is 0. The van der Waals surface area contributed by atoms with Crippen LogP contribution < -0.4 is 23.7 Å². The van der Waals surface area contributed by atoms with Gasteiger partial charge in [0, 0.05) is 22.5 Å². The molecule has 42 heavy (non-hydrogen) atoms. The zero-order valence-corrected chi connectivity index (χ0v) is 23.8. The lowest BCUT2D eigenvalue weighted by Crippen LogP contribution is -2.15. The van der Waals surface area contributed by atoms with Crippen LogP contribution in [0.3, 0.4) is 0 Å². The van der Waals surface area contributed by atoms with E-state index in [0.29, 0.717) is 57.6 Å². The first-order valence-corrected chi connectivity index (χ1v) is 13.3. The Bertz CT molecular complexity index is 1670. The third-order valence-electron chi connectivity index (χ3n) is 6.81. The molecule has 0 spiro atoms. The first-order chi connectivity index (χ1) is 20.6. The number of hydrogen-bond acceptors (Lipinski definition) is 8. The number of fused-ring (bicyclic) bond motifs is 1. The summed E-state index contributed by atoms with van der Waals surface area (Å²) in [5.74, 6) is 1.91. The number of esters is 1. The maximum Gasteiger partial charge on any atom is 0.339 e. The molecule has 1 aromatic heterocycles. The van der Waals surface area contributed by atoms with Crippen molar-refractivity contribution in [1.82, 2.24) is 4.98 Å². The molecular formula is C34H31NO7. The molecular weight excluding hydrogens is 534 g/mol. The fourth-order valence-corrected chi connectivity index (χ4v) is 4.76. The van der Waals surface area contributed by atoms with Crippen molar-refractivity contribution in [2.45, 2.75) is 12.7 Å². The van der Waals surface area contributed by atoms with Crippen LogP contribution in [0.25, 0.3) is 10.8 Å². The van der Waals surface area contributed by atoms with Crippen molar-refractivity contribution in [3.8, 4) is 28.7 Å². The molecule has 8 heteroatoms. The predicted octanol–water partition coefficient (Wildman–Crippen LogP) is 6.79. The Balaban J connectivity index is 1.65. The van der Waals surface area contributed by atoms with Crippen LogP contribution in [0.4, 0.5) is 0 Å². The van der Waals surface area contributed by atoms with Crippen LogP contribution in [-0.2, 0) is 11.3 Å². The molecule has 0 aliphatic heterocycles. The second-order valence-corrected chi connectivity index (χ2v) is 9.27. The molecule has 5 rings (SSSR count). The molecule has 0 saturated carbocycles. The van der Waals surface area contributed by atoms with Crippen molar-refractivity contribution < 1.29 is 33.2 Å². The molecule has 0 aliphatic carbocycles. The Kier molecular flexibility index (Phi) is 8.72. The number of ether oxygens (including phenoxy) is 6. The van der Waals surface area contributed by atoms with Gasteiger partial charge in [0.2, 0.25) is 5.75 Å². The van der Waals surface area contributed by atoms with Gasteiger partial charge in [-0.3, -0.25) is 4.98 Å². The van der Waals surface area contributed by atoms with E-state index >= 15 is 0 Å². The largest absolute Gasteiger partial charge is 0.493 e. The van der Waals surface area contributed by atoms with Crippen molar-refractivity contribution in [3.63, 3.8) is 0 Å². The SMILES string of the molecule is COc1ccc([C@@H](OC(=O)c2ccccc2)c2nccc3c(OC)c(OC)c(OC)cc23)cc1OCc1ccccc1. The van der Waals surface area contributed by atoms with Crippen LogP contribution >= 0.6 is 0 Å². The number of benzene rings is 4. The minimum Gasteiger partial charge on any atom is -0.493 e. The first-order valence-electron chi connectivity index (χ1n) is 13.3. The second kappa shape index (κ2) is 13.0. The summed E-state index contributed by atoms with van der Waals surface area (Å²) in [7, 11) is 6.23. The van der Waals surface area contributed by atoms with E-state index in [1.165, 1.54) is 0 Å². The summed E-state index contributed by atoms with van der Waals surface area (Å²) in [6.07, 6.45) is 0.723. The number of carbonyl (C=O) groups is 1. The molecule has 8 nitrogen and oxygen atoms in total. The van der Waals surface area contributed by atoms with Gasteiger partial charge in [0.05, 0.1) is 39.7 Å². The zero-order valence-electron chi connectivity index (χ0n) is 23.8. The number of methoxy groups -OCH3 is 4. The van der Waals surface area contributed by atoms with Gasteiger partial charge in [-0.05, 0) is 42.0 Å². The van der Waals surface area contributed by atoms with Gasteiger partial charge in [-0.1, -0.05) is 54.6 Å². The fourth-order valence-electron chi connectivity index (χ4n) is 4.76. The third kappa shape index (κ3) is 5.78. The van der Waals surface area contributed by atoms with Gasteiger partial charge in [0.1, 0.15) is 6.61 Å². The van der Waals surface area contributed by atoms with Crippen molar-refractivity contribution >= 4 is 16.7 Å². The van der Waals surface area contributed by atoms with Crippen molar-refractivity contribution in [1.29, 1.82) is 0 Å². The highest BCUT2D eigenvalue weighted by Crippen LogP contribution is 2.46. The Hall–Kier alpha value is -5.24. The molecule has 0 unspecified atom stereocenters. The molecule has 214 valence electrons. The second-order valence-electron chi connectivity index (χ2n) is 9.27. The Morgan fingerprint density at radius 1 is 0.690 bits per heavy atom. The van der Waals surface area contributed by atoms with E-state index in [1.54, 1.807) is 71.0 Å². The molecule has 1 heterocycles. The predicted molar refractivity (Wildman–Crippen MR) is 159 cm³/mol. The average Bonchev–Trinajstić information content (AvgIpc) is 3.05. The van der Waals surface area contributed by atoms with Crippen LogP contribution in [0.2, 0.25) is 0 Å². The lowest BCUT2D eigenvalue weighted by atomic mass is 9.99. The lowest BCUT2D eigenvalue weighted by Gasteiger charge is -2.22. The normalized spacial score (nSPS) is 11.4. The molecule has 0 bridgehead atoms. The number of rotatable bonds is 11. The molecule has 5 aromatic rings. The Labute approximate surface area is 244 Å². The van der Waals surface area contributed by atoms with Crippen molar-refractivity contribution in [2.24, 2.45) is 0 Å². The maximum absolute atomic E-state index is 13.4. The van der Waals surface area contributed by atoms with Gasteiger partial charge in [0.15, 0.2) is 29.1 Å². The molecule has 0 saturated heterocycles. The van der Waals surface area contributed by atoms with E-state index in [1.807, 2.05) is 54.6 Å². The smallest absolute Gasteiger partial charge is 0.339 e. The van der Waals surface area contributed by atoms with Crippen LogP contribution in [0, 0.1) is 0 Å². The highest BCUT2D eigenvalue weighted by molar-refractivity contribution is 5.95. The van der Waals surface area contributed by atoms with Gasteiger partial charge in [-0.2, -0.15) is 0 Å². The molecule has 0 aliphatic rings. The highest BCUT2D eigenvalue weighted by Gasteiger charge is 2.27. The monoisotopic (exact) mass is 565 g/mol. The average molecular weight is 566 g/mol. The first kappa shape index (κ1) is 28.3. The molecule has 0 fully saturated rings. The molecule has 0 N–H and O–H groups in total. The van der Waals surface area contributed by atoms with Crippen LogP contribution in [0.15, 0.2) is 97.2 Å². The van der Waals surface area contributed by atoms with Gasteiger partial charge in [-0.15, -0.1) is 0 Å². The summed E-state index contributed by atoms with van der Waals surface area (Å²) in [6, 6.07) is 27.7. The molecule has 4 aromatic carbocycles. The summed E-state index contributed by atoms with van der Waals surface area (Å²) in [5.41, 5.74) is 2.53. The third-order valence-corrected chi connectivity index (χ3v) is 6.81. The number of aromatic nitrogens is 1. The minimum absolute atomic E-state index is 0.329. The number of nitrogens with zero attached hydrogens (tertiary/aromatic N) is 1. The van der Waals surface area contributed by atoms with E-state index in [4.69, 9.17) is 33.4 Å². The zero-order chi connectivity index (χ0) is 29.5. The van der Waals surface area contributed by atoms with Crippen molar-refractivity contribution in [3.05, 3.63) is 120 Å². The highest BCUT2D eigenvalue weighted by atomic mass is 16.5. The van der Waals surface area contributed by atoms with E-state index in [-0.39, 0.29) is 0 Å². The maximum atomic E-state index is 13.4. The van der Waals surface area contributed by atoms with E-state index in [2.05, 4.69) is 0 Å². The standard InChI is InChI=1S/C34H31NO7/c1-37-27-16-15-24(19-28(27)41-21-22-11-7-5-8-12-22)31(42-34(36)23-13-9-6-10-14-23)30-26-20-29(38-2)33(40-4)32(39-3)25(26)17-18-35-30/h5-20,31H,21H2,1-4H3/t31-/m1/s1. The van der Waals surface area contributed by atoms with Gasteiger partial charge in [-0.25, -0.2) is 4.79 Å². The van der Waals surface area contributed by atoms with E-state index < -0.39 is 12.1 Å². The van der Waals surface area contributed by atoms with E-state index in [0.717, 1.165) is 10.9 Å². The van der Waals surface area contributed by atoms with Crippen LogP contribution in [-0.4, -0.2) is 39.4 Å². The summed E-state index contributed by atoms with van der Waals surface area (Å²) < 4.78 is 34.9. The number of pyridine rings is 1. The number of carbonyl (C=O) groups excluding carboxylic acids is 1. The molecule has 0 radical (unpaired) electrons. The van der Waals surface area contributed by atoms with Gasteiger partial charge < -0.3 is 28.4 Å². The van der Waals surface area contributed by atoms with Gasteiger partial charge >= 0.3 is 5.97 Å². The van der Waals surface area contributed by atoms with Crippen LogP contribution in [0.1, 0.15) is 33.3 Å². The van der Waals surface area contributed by atoms with Crippen LogP contribution in [0.5, 0.6) is 28.7 Å². The summed E-state index contributed by atoms with van der Waals surface area (Å²) in [4.78, 5) is 18.1. The topological polar surface area (TPSA) is 85.3 Å². The Morgan fingerprint density at radius 2 is 1.38 bits per heavy atom. The summed E-state index contributed by atoms with van der Waals surface area (Å²) >= 11 is 0. The molecule has 0 amide bonds. The summed E-state index contributed by atoms with van der Waals surface area (Å²) in [5, 5.41) is 1.38. The molecule has 1 atom stereocenters. The quantitative estimate of drug-likeness (QED) is 0.162. The fraction of sp³-hybridized carbons (Fsp3) is 0.176. The minimum atomic E-state index is -0.922. The summed E-state index contributed by atoms with van der Waals surface area (Å²) in [6.45, 7) is 0.329.